The molecule has 5 rings (SSSR count). The SMILES string of the molecule is Fc1ccc(-n2ncc3c(-c4cnccc4C4COC4)ccnc32)cc1. The predicted molar refractivity (Wildman–Crippen MR) is 95.6 cm³/mol. The number of aromatic nitrogens is 4. The van der Waals surface area contributed by atoms with Crippen molar-refractivity contribution in [3.63, 3.8) is 0 Å². The van der Waals surface area contributed by atoms with Gasteiger partial charge in [-0.15, -0.1) is 0 Å². The first-order chi connectivity index (χ1) is 12.8. The van der Waals surface area contributed by atoms with E-state index in [0.29, 0.717) is 5.92 Å². The van der Waals surface area contributed by atoms with Crippen LogP contribution >= 0.6 is 0 Å². The summed E-state index contributed by atoms with van der Waals surface area (Å²) in [6.45, 7) is 1.47. The average Bonchev–Trinajstić information content (AvgIpc) is 3.06. The fraction of sp³-hybridized carbons (Fsp3) is 0.150. The van der Waals surface area contributed by atoms with Gasteiger partial charge in [-0.2, -0.15) is 5.10 Å². The highest BCUT2D eigenvalue weighted by molar-refractivity contribution is 5.93. The Labute approximate surface area is 149 Å². The van der Waals surface area contributed by atoms with Crippen molar-refractivity contribution < 1.29 is 9.13 Å². The highest BCUT2D eigenvalue weighted by Gasteiger charge is 2.24. The molecule has 128 valence electrons. The Balaban J connectivity index is 1.68. The lowest BCUT2D eigenvalue weighted by atomic mass is 9.90. The van der Waals surface area contributed by atoms with E-state index in [4.69, 9.17) is 4.74 Å². The highest BCUT2D eigenvalue weighted by atomic mass is 19.1. The lowest BCUT2D eigenvalue weighted by molar-refractivity contribution is 0.00861. The predicted octanol–water partition coefficient (Wildman–Crippen LogP) is 3.74. The third-order valence-corrected chi connectivity index (χ3v) is 4.77. The zero-order valence-corrected chi connectivity index (χ0v) is 13.8. The van der Waals surface area contributed by atoms with Gasteiger partial charge in [0.05, 0.1) is 25.1 Å². The Morgan fingerprint density at radius 3 is 2.58 bits per heavy atom. The zero-order valence-electron chi connectivity index (χ0n) is 13.8. The van der Waals surface area contributed by atoms with Crippen LogP contribution in [-0.4, -0.2) is 33.0 Å². The van der Waals surface area contributed by atoms with E-state index in [1.165, 1.54) is 17.7 Å². The van der Waals surface area contributed by atoms with Crippen molar-refractivity contribution >= 4 is 11.0 Å². The van der Waals surface area contributed by atoms with Crippen molar-refractivity contribution in [2.45, 2.75) is 5.92 Å². The van der Waals surface area contributed by atoms with Crippen molar-refractivity contribution in [2.24, 2.45) is 0 Å². The minimum Gasteiger partial charge on any atom is -0.380 e. The number of benzene rings is 1. The maximum atomic E-state index is 13.2. The van der Waals surface area contributed by atoms with Gasteiger partial charge in [-0.25, -0.2) is 14.1 Å². The van der Waals surface area contributed by atoms with E-state index < -0.39 is 0 Å². The van der Waals surface area contributed by atoms with Gasteiger partial charge in [0.1, 0.15) is 5.82 Å². The Kier molecular flexibility index (Phi) is 3.50. The Bertz CT molecular complexity index is 1090. The van der Waals surface area contributed by atoms with Crippen LogP contribution in [-0.2, 0) is 4.74 Å². The second kappa shape index (κ2) is 6.00. The summed E-state index contributed by atoms with van der Waals surface area (Å²) >= 11 is 0. The number of rotatable bonds is 3. The quantitative estimate of drug-likeness (QED) is 0.567. The van der Waals surface area contributed by atoms with E-state index in [-0.39, 0.29) is 5.82 Å². The molecular formula is C20H15FN4O. The molecule has 1 aliphatic heterocycles. The van der Waals surface area contributed by atoms with Gasteiger partial charge in [0.25, 0.3) is 0 Å². The Morgan fingerprint density at radius 2 is 1.81 bits per heavy atom. The molecule has 0 spiro atoms. The van der Waals surface area contributed by atoms with Crippen LogP contribution < -0.4 is 0 Å². The van der Waals surface area contributed by atoms with Crippen LogP contribution in [0.4, 0.5) is 4.39 Å². The Morgan fingerprint density at radius 1 is 0.962 bits per heavy atom. The number of ether oxygens (including phenoxy) is 1. The standard InChI is InChI=1S/C20H15FN4O/c21-14-1-3-15(4-2-14)25-20-19(10-24-25)17(6-8-23-20)18-9-22-7-5-16(18)13-11-26-12-13/h1-10,13H,11-12H2. The largest absolute Gasteiger partial charge is 0.380 e. The number of hydrogen-bond donors (Lipinski definition) is 0. The minimum absolute atomic E-state index is 0.276. The summed E-state index contributed by atoms with van der Waals surface area (Å²) in [5, 5.41) is 5.41. The van der Waals surface area contributed by atoms with Crippen LogP contribution in [0, 0.1) is 5.82 Å². The molecule has 1 saturated heterocycles. The van der Waals surface area contributed by atoms with E-state index in [0.717, 1.165) is 41.1 Å². The number of hydrogen-bond acceptors (Lipinski definition) is 4. The van der Waals surface area contributed by atoms with Gasteiger partial charge in [-0.1, -0.05) is 0 Å². The molecule has 5 nitrogen and oxygen atoms in total. The molecule has 4 heterocycles. The first-order valence-electron chi connectivity index (χ1n) is 8.42. The molecule has 1 fully saturated rings. The van der Waals surface area contributed by atoms with Gasteiger partial charge < -0.3 is 4.74 Å². The van der Waals surface area contributed by atoms with Crippen LogP contribution in [0.3, 0.4) is 0 Å². The molecule has 1 aliphatic rings. The summed E-state index contributed by atoms with van der Waals surface area (Å²) in [6.07, 6.45) is 7.28. The van der Waals surface area contributed by atoms with Gasteiger partial charge >= 0.3 is 0 Å². The normalized spacial score (nSPS) is 14.5. The molecule has 0 aliphatic carbocycles. The monoisotopic (exact) mass is 346 g/mol. The van der Waals surface area contributed by atoms with E-state index >= 15 is 0 Å². The van der Waals surface area contributed by atoms with E-state index in [9.17, 15) is 4.39 Å². The van der Waals surface area contributed by atoms with Crippen molar-refractivity contribution in [3.8, 4) is 16.8 Å². The molecule has 0 amide bonds. The van der Waals surface area contributed by atoms with E-state index in [1.807, 2.05) is 18.5 Å². The first kappa shape index (κ1) is 15.2. The van der Waals surface area contributed by atoms with Gasteiger partial charge in [0.15, 0.2) is 5.65 Å². The fourth-order valence-electron chi connectivity index (χ4n) is 3.34. The molecule has 0 unspecified atom stereocenters. The number of nitrogens with zero attached hydrogens (tertiary/aromatic N) is 4. The van der Waals surface area contributed by atoms with Crippen LogP contribution in [0.5, 0.6) is 0 Å². The minimum atomic E-state index is -0.276. The van der Waals surface area contributed by atoms with Crippen molar-refractivity contribution in [3.05, 3.63) is 72.6 Å². The second-order valence-corrected chi connectivity index (χ2v) is 6.33. The molecule has 1 aromatic carbocycles. The molecule has 6 heteroatoms. The maximum absolute atomic E-state index is 13.2. The van der Waals surface area contributed by atoms with Gasteiger partial charge in [0.2, 0.25) is 0 Å². The molecule has 4 aromatic rings. The Hall–Kier alpha value is -3.12. The summed E-state index contributed by atoms with van der Waals surface area (Å²) in [5.74, 6) is 0.116. The first-order valence-corrected chi connectivity index (χ1v) is 8.42. The molecule has 0 atom stereocenters. The lowest BCUT2D eigenvalue weighted by Gasteiger charge is -2.28. The zero-order chi connectivity index (χ0) is 17.5. The molecule has 0 N–H and O–H groups in total. The molecule has 0 saturated carbocycles. The number of halogens is 1. The van der Waals surface area contributed by atoms with Crippen LogP contribution in [0.2, 0.25) is 0 Å². The van der Waals surface area contributed by atoms with Crippen molar-refractivity contribution in [2.75, 3.05) is 13.2 Å². The molecular weight excluding hydrogens is 331 g/mol. The summed E-state index contributed by atoms with van der Waals surface area (Å²) in [5.41, 5.74) is 4.84. The van der Waals surface area contributed by atoms with Crippen LogP contribution in [0.25, 0.3) is 27.8 Å². The lowest BCUT2D eigenvalue weighted by Crippen LogP contribution is -2.25. The smallest absolute Gasteiger partial charge is 0.163 e. The molecule has 26 heavy (non-hydrogen) atoms. The van der Waals surface area contributed by atoms with E-state index in [2.05, 4.69) is 21.1 Å². The van der Waals surface area contributed by atoms with Crippen LogP contribution in [0.1, 0.15) is 11.5 Å². The fourth-order valence-corrected chi connectivity index (χ4v) is 3.34. The third-order valence-electron chi connectivity index (χ3n) is 4.77. The van der Waals surface area contributed by atoms with Crippen molar-refractivity contribution in [1.29, 1.82) is 0 Å². The molecule has 3 aromatic heterocycles. The third kappa shape index (κ3) is 2.38. The topological polar surface area (TPSA) is 52.8 Å². The molecule has 0 radical (unpaired) electrons. The number of pyridine rings is 2. The van der Waals surface area contributed by atoms with Gasteiger partial charge in [-0.05, 0) is 47.5 Å². The summed E-state index contributed by atoms with van der Waals surface area (Å²) in [7, 11) is 0. The summed E-state index contributed by atoms with van der Waals surface area (Å²) in [4.78, 5) is 8.81. The van der Waals surface area contributed by atoms with E-state index in [1.54, 1.807) is 29.2 Å². The van der Waals surface area contributed by atoms with Gasteiger partial charge in [-0.3, -0.25) is 4.98 Å². The average molecular weight is 346 g/mol. The summed E-state index contributed by atoms with van der Waals surface area (Å²) in [6, 6.07) is 10.3. The second-order valence-electron chi connectivity index (χ2n) is 6.33. The summed E-state index contributed by atoms with van der Waals surface area (Å²) < 4.78 is 20.3. The maximum Gasteiger partial charge on any atom is 0.163 e. The van der Waals surface area contributed by atoms with Gasteiger partial charge in [0, 0.05) is 35.5 Å². The van der Waals surface area contributed by atoms with Crippen molar-refractivity contribution in [1.82, 2.24) is 19.7 Å². The number of fused-ring (bicyclic) bond motifs is 1. The van der Waals surface area contributed by atoms with Crippen LogP contribution in [0.15, 0.2) is 61.2 Å². The highest BCUT2D eigenvalue weighted by Crippen LogP contribution is 2.35. The molecule has 0 bridgehead atoms.